The lowest BCUT2D eigenvalue weighted by Gasteiger charge is -2.30. The second kappa shape index (κ2) is 10.8. The minimum atomic E-state index is 0. The molecule has 2 fully saturated rings. The molecule has 2 saturated heterocycles. The normalized spacial score (nSPS) is 19.8. The van der Waals surface area contributed by atoms with Crippen molar-refractivity contribution < 1.29 is 14.2 Å². The van der Waals surface area contributed by atoms with Crippen molar-refractivity contribution in [2.24, 2.45) is 0 Å². The molecule has 40 heavy (non-hydrogen) atoms. The fourth-order valence-electron chi connectivity index (χ4n) is 5.66. The molecule has 0 amide bonds. The van der Waals surface area contributed by atoms with E-state index in [1.54, 1.807) is 18.0 Å². The third-order valence-corrected chi connectivity index (χ3v) is 7.56. The van der Waals surface area contributed by atoms with Crippen molar-refractivity contribution in [1.82, 2.24) is 29.9 Å². The number of nitrogens with one attached hydrogen (secondary N) is 2. The van der Waals surface area contributed by atoms with E-state index in [0.29, 0.717) is 29.4 Å². The molecule has 2 aromatic carbocycles. The average Bonchev–Trinajstić information content (AvgIpc) is 3.55. The van der Waals surface area contributed by atoms with Crippen molar-refractivity contribution in [2.45, 2.75) is 50.8 Å². The molecule has 3 aromatic heterocycles. The highest BCUT2D eigenvalue weighted by molar-refractivity contribution is 5.93. The van der Waals surface area contributed by atoms with Gasteiger partial charge in [-0.25, -0.2) is 19.5 Å². The minimum Gasteiger partial charge on any atom is -0.493 e. The quantitative estimate of drug-likeness (QED) is 0.263. The molecule has 2 aliphatic rings. The summed E-state index contributed by atoms with van der Waals surface area (Å²) in [6.45, 7) is 2.01. The lowest BCUT2D eigenvalue weighted by molar-refractivity contribution is 0.133. The van der Waals surface area contributed by atoms with Gasteiger partial charge in [0.2, 0.25) is 0 Å². The maximum Gasteiger partial charge on any atom is 0.162 e. The highest BCUT2D eigenvalue weighted by Gasteiger charge is 2.35. The lowest BCUT2D eigenvalue weighted by Crippen LogP contribution is -2.42. The van der Waals surface area contributed by atoms with Gasteiger partial charge in [0.05, 0.1) is 12.6 Å². The van der Waals surface area contributed by atoms with Crippen LogP contribution in [-0.4, -0.2) is 49.9 Å². The number of nitrogens with zero attached hydrogens (tertiary/aromatic N) is 5. The van der Waals surface area contributed by atoms with Crippen LogP contribution in [0.2, 0.25) is 0 Å². The Morgan fingerprint density at radius 2 is 1.77 bits per heavy atom. The van der Waals surface area contributed by atoms with E-state index in [9.17, 15) is 0 Å². The molecule has 2 N–H and O–H groups in total. The third kappa shape index (κ3) is 5.07. The fraction of sp³-hybridized carbons (Fsp3) is 0.310. The summed E-state index contributed by atoms with van der Waals surface area (Å²) in [5, 5.41) is 12.1. The molecule has 0 saturated carbocycles. The number of methoxy groups -OCH3 is 1. The largest absolute Gasteiger partial charge is 0.493 e. The molecule has 11 heteroatoms. The Kier molecular flexibility index (Phi) is 7.03. The Morgan fingerprint density at radius 1 is 0.925 bits per heavy atom. The van der Waals surface area contributed by atoms with Gasteiger partial charge in [0.15, 0.2) is 17.1 Å². The Morgan fingerprint density at radius 3 is 2.58 bits per heavy atom. The lowest BCUT2D eigenvalue weighted by atomic mass is 10.0. The predicted octanol–water partition coefficient (Wildman–Crippen LogP) is 5.61. The van der Waals surface area contributed by atoms with Gasteiger partial charge in [-0.2, -0.15) is 5.10 Å². The molecule has 206 valence electrons. The van der Waals surface area contributed by atoms with Crippen molar-refractivity contribution in [2.75, 3.05) is 12.4 Å². The predicted molar refractivity (Wildman–Crippen MR) is 154 cm³/mol. The highest BCUT2D eigenvalue weighted by atomic mass is 35.5. The van der Waals surface area contributed by atoms with Crippen LogP contribution in [-0.2, 0) is 0 Å². The van der Waals surface area contributed by atoms with Gasteiger partial charge in [0.1, 0.15) is 36.1 Å². The number of hydrogen-bond acceptors (Lipinski definition) is 9. The summed E-state index contributed by atoms with van der Waals surface area (Å²) in [5.74, 6) is 3.55. The van der Waals surface area contributed by atoms with E-state index < -0.39 is 0 Å². The standard InChI is InChI=1S/C29H29N7O3.ClH/c1-17-9-18(5-6-25(17)38-21-7-8-36-28(12-21)31-16-33-36)35-29-23-13-27(26(37-2)14-24(23)30-15-32-29)39-22-10-19-3-4-20(11-22)34-19;/h5-9,12-16,19-20,22,34H,3-4,10-11H2,1-2H3,(H,30,32,35);1H. The molecular weight excluding hydrogens is 530 g/mol. The topological polar surface area (TPSA) is 108 Å². The van der Waals surface area contributed by atoms with Gasteiger partial charge in [0.25, 0.3) is 0 Å². The summed E-state index contributed by atoms with van der Waals surface area (Å²) in [7, 11) is 1.66. The van der Waals surface area contributed by atoms with Crippen molar-refractivity contribution in [3.63, 3.8) is 0 Å². The number of ether oxygens (including phenoxy) is 3. The number of anilines is 2. The molecular formula is C29H30ClN7O3. The van der Waals surface area contributed by atoms with Crippen LogP contribution >= 0.6 is 12.4 Å². The van der Waals surface area contributed by atoms with E-state index in [0.717, 1.165) is 52.1 Å². The Labute approximate surface area is 237 Å². The first-order valence-electron chi connectivity index (χ1n) is 13.2. The Bertz CT molecular complexity index is 1660. The molecule has 0 radical (unpaired) electrons. The first kappa shape index (κ1) is 26.1. The molecule has 2 atom stereocenters. The van der Waals surface area contributed by atoms with Crippen LogP contribution in [0.4, 0.5) is 11.5 Å². The molecule has 0 spiro atoms. The molecule has 2 unspecified atom stereocenters. The first-order valence-corrected chi connectivity index (χ1v) is 13.2. The van der Waals surface area contributed by atoms with E-state index in [2.05, 4.69) is 30.7 Å². The minimum absolute atomic E-state index is 0. The van der Waals surface area contributed by atoms with Crippen LogP contribution in [0.15, 0.2) is 61.3 Å². The number of rotatable bonds is 7. The summed E-state index contributed by atoms with van der Waals surface area (Å²) in [6, 6.07) is 14.7. The zero-order valence-electron chi connectivity index (χ0n) is 22.2. The summed E-state index contributed by atoms with van der Waals surface area (Å²) >= 11 is 0. The molecule has 2 bridgehead atoms. The summed E-state index contributed by atoms with van der Waals surface area (Å²) in [6.07, 6.45) is 9.53. The van der Waals surface area contributed by atoms with Crippen LogP contribution in [0.3, 0.4) is 0 Å². The van der Waals surface area contributed by atoms with Gasteiger partial charge < -0.3 is 24.8 Å². The van der Waals surface area contributed by atoms with Gasteiger partial charge in [0, 0.05) is 41.5 Å². The molecule has 5 aromatic rings. The van der Waals surface area contributed by atoms with E-state index in [4.69, 9.17) is 14.2 Å². The summed E-state index contributed by atoms with van der Waals surface area (Å²) in [5.41, 5.74) is 3.38. The highest BCUT2D eigenvalue weighted by Crippen LogP contribution is 2.38. The van der Waals surface area contributed by atoms with Crippen molar-refractivity contribution in [3.8, 4) is 23.0 Å². The van der Waals surface area contributed by atoms with Gasteiger partial charge in [-0.3, -0.25) is 0 Å². The first-order chi connectivity index (χ1) is 19.1. The van der Waals surface area contributed by atoms with Crippen LogP contribution < -0.4 is 24.8 Å². The number of aromatic nitrogens is 5. The van der Waals surface area contributed by atoms with E-state index in [-0.39, 0.29) is 18.5 Å². The molecule has 0 aliphatic carbocycles. The maximum atomic E-state index is 6.51. The second-order valence-corrected chi connectivity index (χ2v) is 10.2. The molecule has 5 heterocycles. The van der Waals surface area contributed by atoms with Gasteiger partial charge in [-0.05, 0) is 68.5 Å². The maximum absolute atomic E-state index is 6.51. The number of halogens is 1. The fourth-order valence-corrected chi connectivity index (χ4v) is 5.66. The smallest absolute Gasteiger partial charge is 0.162 e. The van der Waals surface area contributed by atoms with Gasteiger partial charge in [-0.15, -0.1) is 12.4 Å². The van der Waals surface area contributed by atoms with Gasteiger partial charge in [-0.1, -0.05) is 0 Å². The van der Waals surface area contributed by atoms with Crippen molar-refractivity contribution >= 4 is 40.5 Å². The molecule has 10 nitrogen and oxygen atoms in total. The Hall–Kier alpha value is -4.15. The summed E-state index contributed by atoms with van der Waals surface area (Å²) in [4.78, 5) is 13.2. The zero-order valence-corrected chi connectivity index (χ0v) is 23.0. The van der Waals surface area contributed by atoms with E-state index in [1.165, 1.54) is 19.2 Å². The second-order valence-electron chi connectivity index (χ2n) is 10.2. The van der Waals surface area contributed by atoms with Crippen LogP contribution in [0.5, 0.6) is 23.0 Å². The SMILES string of the molecule is COc1cc2ncnc(Nc3ccc(Oc4ccn5ncnc5c4)c(C)c3)c2cc1OC1CC2CCC(C1)N2.Cl. The monoisotopic (exact) mass is 559 g/mol. The van der Waals surface area contributed by atoms with Crippen LogP contribution in [0.25, 0.3) is 16.6 Å². The van der Waals surface area contributed by atoms with Crippen molar-refractivity contribution in [3.05, 3.63) is 66.9 Å². The third-order valence-electron chi connectivity index (χ3n) is 7.56. The number of aryl methyl sites for hydroxylation is 1. The summed E-state index contributed by atoms with van der Waals surface area (Å²) < 4.78 is 20.0. The average molecular weight is 560 g/mol. The molecule has 2 aliphatic heterocycles. The zero-order chi connectivity index (χ0) is 26.3. The Balaban J connectivity index is 0.00000289. The number of piperidine rings is 1. The number of pyridine rings is 1. The number of fused-ring (bicyclic) bond motifs is 4. The van der Waals surface area contributed by atoms with Crippen molar-refractivity contribution in [1.29, 1.82) is 0 Å². The van der Waals surface area contributed by atoms with E-state index in [1.807, 2.05) is 55.6 Å². The number of benzene rings is 2. The van der Waals surface area contributed by atoms with Crippen LogP contribution in [0, 0.1) is 6.92 Å². The number of hydrogen-bond donors (Lipinski definition) is 2. The van der Waals surface area contributed by atoms with Crippen LogP contribution in [0.1, 0.15) is 31.2 Å². The van der Waals surface area contributed by atoms with Gasteiger partial charge >= 0.3 is 0 Å². The molecule has 7 rings (SSSR count). The van der Waals surface area contributed by atoms with E-state index >= 15 is 0 Å².